The predicted octanol–water partition coefficient (Wildman–Crippen LogP) is 3.57. The van der Waals surface area contributed by atoms with E-state index in [0.717, 1.165) is 16.9 Å². The summed E-state index contributed by atoms with van der Waals surface area (Å²) in [5.41, 5.74) is 0.673. The highest BCUT2D eigenvalue weighted by atomic mass is 32.1. The van der Waals surface area contributed by atoms with Crippen LogP contribution in [0, 0.1) is 21.4 Å². The van der Waals surface area contributed by atoms with E-state index in [2.05, 4.69) is 0 Å². The summed E-state index contributed by atoms with van der Waals surface area (Å²) in [5, 5.41) is 29.2. The van der Waals surface area contributed by atoms with Crippen molar-refractivity contribution in [2.75, 3.05) is 0 Å². The Morgan fingerprint density at radius 1 is 1.48 bits per heavy atom. The first-order chi connectivity index (χ1) is 10.0. The molecule has 1 aromatic carbocycles. The zero-order valence-corrected chi connectivity index (χ0v) is 12.0. The van der Waals surface area contributed by atoms with Crippen LogP contribution in [0.15, 0.2) is 30.3 Å². The number of aliphatic hydroxyl groups excluding tert-OH is 1. The molecule has 1 atom stereocenters. The van der Waals surface area contributed by atoms with Crippen molar-refractivity contribution in [3.63, 3.8) is 0 Å². The lowest BCUT2D eigenvalue weighted by atomic mass is 10.2. The summed E-state index contributed by atoms with van der Waals surface area (Å²) in [6, 6.07) is 10.1. The number of rotatable bonds is 5. The third kappa shape index (κ3) is 3.56. The van der Waals surface area contributed by atoms with Crippen LogP contribution in [0.2, 0.25) is 0 Å². The molecule has 0 radical (unpaired) electrons. The molecular weight excluding hydrogens is 292 g/mol. The Morgan fingerprint density at radius 3 is 2.67 bits per heavy atom. The van der Waals surface area contributed by atoms with Gasteiger partial charge < -0.3 is 9.84 Å². The summed E-state index contributed by atoms with van der Waals surface area (Å²) in [6.07, 6.45) is -0.491. The Bertz CT molecular complexity index is 686. The van der Waals surface area contributed by atoms with Crippen LogP contribution in [0.1, 0.15) is 23.5 Å². The first-order valence-corrected chi connectivity index (χ1v) is 6.93. The van der Waals surface area contributed by atoms with Crippen molar-refractivity contribution in [2.45, 2.75) is 19.4 Å². The smallest absolute Gasteiger partial charge is 0.323 e. The average molecular weight is 304 g/mol. The van der Waals surface area contributed by atoms with Crippen molar-refractivity contribution in [1.82, 2.24) is 0 Å². The molecule has 0 aliphatic carbocycles. The van der Waals surface area contributed by atoms with Gasteiger partial charge in [-0.1, -0.05) is 23.5 Å². The molecule has 0 bridgehead atoms. The highest BCUT2D eigenvalue weighted by Gasteiger charge is 2.23. The van der Waals surface area contributed by atoms with Gasteiger partial charge >= 0.3 is 5.69 Å². The molecule has 0 unspecified atom stereocenters. The molecule has 2 rings (SSSR count). The lowest BCUT2D eigenvalue weighted by Crippen LogP contribution is -1.90. The second kappa shape index (κ2) is 6.35. The number of nitrogens with zero attached hydrogens (tertiary/aromatic N) is 2. The van der Waals surface area contributed by atoms with Gasteiger partial charge in [-0.15, -0.1) is 0 Å². The van der Waals surface area contributed by atoms with Crippen LogP contribution in [0.5, 0.6) is 10.8 Å². The highest BCUT2D eigenvalue weighted by Crippen LogP contribution is 2.41. The lowest BCUT2D eigenvalue weighted by Gasteiger charge is -2.03. The van der Waals surface area contributed by atoms with Gasteiger partial charge in [-0.2, -0.15) is 5.26 Å². The van der Waals surface area contributed by atoms with E-state index in [4.69, 9.17) is 10.00 Å². The maximum Gasteiger partial charge on any atom is 0.323 e. The van der Waals surface area contributed by atoms with Crippen LogP contribution in [0.4, 0.5) is 5.69 Å². The fraction of sp³-hybridized carbons (Fsp3) is 0.214. The number of ether oxygens (including phenoxy) is 1. The number of aliphatic hydroxyl groups is 1. The summed E-state index contributed by atoms with van der Waals surface area (Å²) < 4.78 is 5.52. The van der Waals surface area contributed by atoms with Gasteiger partial charge in [-0.05, 0) is 24.6 Å². The fourth-order valence-corrected chi connectivity index (χ4v) is 2.59. The molecule has 0 fully saturated rings. The Balaban J connectivity index is 2.26. The monoisotopic (exact) mass is 304 g/mol. The van der Waals surface area contributed by atoms with E-state index in [1.165, 1.54) is 13.0 Å². The Morgan fingerprint density at radius 2 is 2.14 bits per heavy atom. The van der Waals surface area contributed by atoms with E-state index in [0.29, 0.717) is 17.0 Å². The normalized spacial score (nSPS) is 11.7. The summed E-state index contributed by atoms with van der Waals surface area (Å²) >= 11 is 1.04. The second-order valence-electron chi connectivity index (χ2n) is 4.34. The standard InChI is InChI=1S/C14H12N2O4S/c1-9(17)13-8-12(16(18)19)14(21-13)20-11-4-2-10(3-5-11)6-7-15/h2-5,8-9,17H,6H2,1H3/t9-/m1/s1. The minimum Gasteiger partial charge on any atom is -0.440 e. The van der Waals surface area contributed by atoms with E-state index >= 15 is 0 Å². The lowest BCUT2D eigenvalue weighted by molar-refractivity contribution is -0.385. The highest BCUT2D eigenvalue weighted by molar-refractivity contribution is 7.14. The van der Waals surface area contributed by atoms with Crippen LogP contribution in [0.3, 0.4) is 0 Å². The molecule has 0 aliphatic rings. The van der Waals surface area contributed by atoms with Crippen molar-refractivity contribution < 1.29 is 14.8 Å². The maximum absolute atomic E-state index is 11.0. The molecule has 0 aliphatic heterocycles. The topological polar surface area (TPSA) is 96.4 Å². The fourth-order valence-electron chi connectivity index (χ4n) is 1.66. The Kier molecular flexibility index (Phi) is 4.52. The second-order valence-corrected chi connectivity index (χ2v) is 5.38. The van der Waals surface area contributed by atoms with Crippen molar-refractivity contribution in [3.8, 4) is 16.9 Å². The molecule has 6 nitrogen and oxygen atoms in total. The van der Waals surface area contributed by atoms with Gasteiger partial charge in [0, 0.05) is 10.9 Å². The zero-order chi connectivity index (χ0) is 15.4. The predicted molar refractivity (Wildman–Crippen MR) is 77.4 cm³/mol. The number of nitro groups is 1. The molecule has 7 heteroatoms. The SMILES string of the molecule is C[C@@H](O)c1cc([N+](=O)[O-])c(Oc2ccc(CC#N)cc2)s1. The summed E-state index contributed by atoms with van der Waals surface area (Å²) in [5.74, 6) is 0.443. The van der Waals surface area contributed by atoms with Crippen LogP contribution >= 0.6 is 11.3 Å². The van der Waals surface area contributed by atoms with E-state index in [-0.39, 0.29) is 10.8 Å². The van der Waals surface area contributed by atoms with Gasteiger partial charge in [-0.25, -0.2) is 0 Å². The van der Waals surface area contributed by atoms with Crippen molar-refractivity contribution in [1.29, 1.82) is 5.26 Å². The summed E-state index contributed by atoms with van der Waals surface area (Å²) in [6.45, 7) is 1.54. The van der Waals surface area contributed by atoms with Crippen LogP contribution < -0.4 is 4.74 Å². The quantitative estimate of drug-likeness (QED) is 0.672. The largest absolute Gasteiger partial charge is 0.440 e. The molecule has 1 heterocycles. The van der Waals surface area contributed by atoms with Crippen LogP contribution in [-0.2, 0) is 6.42 Å². The minimum absolute atomic E-state index is 0.129. The first-order valence-electron chi connectivity index (χ1n) is 6.11. The number of thiophene rings is 1. The zero-order valence-electron chi connectivity index (χ0n) is 11.1. The first kappa shape index (κ1) is 15.0. The third-order valence-corrected chi connectivity index (χ3v) is 3.90. The number of hydrogen-bond donors (Lipinski definition) is 1. The molecule has 0 amide bonds. The molecule has 0 saturated heterocycles. The van der Waals surface area contributed by atoms with Crippen LogP contribution in [-0.4, -0.2) is 10.0 Å². The van der Waals surface area contributed by atoms with Crippen LogP contribution in [0.25, 0.3) is 0 Å². The van der Waals surface area contributed by atoms with Gasteiger partial charge in [0.05, 0.1) is 23.5 Å². The summed E-state index contributed by atoms with van der Waals surface area (Å²) in [7, 11) is 0. The van der Waals surface area contributed by atoms with Crippen molar-refractivity contribution >= 4 is 17.0 Å². The Hall–Kier alpha value is -2.43. The molecule has 2 aromatic rings. The molecule has 1 N–H and O–H groups in total. The summed E-state index contributed by atoms with van der Waals surface area (Å²) in [4.78, 5) is 10.9. The van der Waals surface area contributed by atoms with Gasteiger partial charge in [0.1, 0.15) is 5.75 Å². The van der Waals surface area contributed by atoms with Gasteiger partial charge in [0.2, 0.25) is 0 Å². The molecule has 0 saturated carbocycles. The maximum atomic E-state index is 11.0. The number of benzene rings is 1. The minimum atomic E-state index is -0.788. The van der Waals surface area contributed by atoms with Crippen molar-refractivity contribution in [2.24, 2.45) is 0 Å². The van der Waals surface area contributed by atoms with Gasteiger partial charge in [-0.3, -0.25) is 10.1 Å². The average Bonchev–Trinajstić information content (AvgIpc) is 2.86. The van der Waals surface area contributed by atoms with E-state index in [9.17, 15) is 15.2 Å². The van der Waals surface area contributed by atoms with E-state index in [1.54, 1.807) is 24.3 Å². The van der Waals surface area contributed by atoms with Gasteiger partial charge in [0.25, 0.3) is 5.06 Å². The number of nitriles is 1. The van der Waals surface area contributed by atoms with E-state index in [1.807, 2.05) is 6.07 Å². The number of hydrogen-bond acceptors (Lipinski definition) is 6. The molecule has 0 spiro atoms. The van der Waals surface area contributed by atoms with E-state index < -0.39 is 11.0 Å². The third-order valence-electron chi connectivity index (χ3n) is 2.72. The van der Waals surface area contributed by atoms with Crippen molar-refractivity contribution in [3.05, 3.63) is 50.9 Å². The molecular formula is C14H12N2O4S. The van der Waals surface area contributed by atoms with Gasteiger partial charge in [0.15, 0.2) is 0 Å². The Labute approximate surface area is 125 Å². The molecule has 1 aromatic heterocycles. The molecule has 108 valence electrons. The molecule has 21 heavy (non-hydrogen) atoms.